The number of amides is 1. The molecule has 40 heavy (non-hydrogen) atoms. The zero-order valence-electron chi connectivity index (χ0n) is 21.4. The molecule has 5 aromatic rings. The number of nitrogens with zero attached hydrogens (tertiary/aromatic N) is 1. The van der Waals surface area contributed by atoms with Gasteiger partial charge in [-0.3, -0.25) is 9.59 Å². The van der Waals surface area contributed by atoms with Crippen molar-refractivity contribution in [2.75, 3.05) is 7.11 Å². The Morgan fingerprint density at radius 2 is 1.68 bits per heavy atom. The average Bonchev–Trinajstić information content (AvgIpc) is 3.25. The molecule has 0 spiro atoms. The van der Waals surface area contributed by atoms with E-state index in [-0.39, 0.29) is 29.1 Å². The van der Waals surface area contributed by atoms with Crippen molar-refractivity contribution in [3.05, 3.63) is 140 Å². The number of carbonyl (C=O) groups excluding carboxylic acids is 1. The first-order valence-corrected chi connectivity index (χ1v) is 13.4. The molecule has 2 heterocycles. The van der Waals surface area contributed by atoms with Gasteiger partial charge in [0.15, 0.2) is 16.9 Å². The highest BCUT2D eigenvalue weighted by Crippen LogP contribution is 2.42. The van der Waals surface area contributed by atoms with Crippen LogP contribution >= 0.6 is 15.9 Å². The zero-order valence-corrected chi connectivity index (χ0v) is 23.0. The van der Waals surface area contributed by atoms with Gasteiger partial charge in [-0.2, -0.15) is 0 Å². The van der Waals surface area contributed by atoms with E-state index in [1.54, 1.807) is 47.4 Å². The third-order valence-electron chi connectivity index (χ3n) is 6.93. The van der Waals surface area contributed by atoms with Gasteiger partial charge in [-0.05, 0) is 59.2 Å². The van der Waals surface area contributed by atoms with E-state index in [1.165, 1.54) is 19.2 Å². The molecule has 1 atom stereocenters. The first-order chi connectivity index (χ1) is 19.4. The summed E-state index contributed by atoms with van der Waals surface area (Å²) in [6.45, 7) is 0.491. The van der Waals surface area contributed by atoms with E-state index in [9.17, 15) is 14.0 Å². The Bertz CT molecular complexity index is 1790. The van der Waals surface area contributed by atoms with Crippen LogP contribution in [0.3, 0.4) is 0 Å². The molecule has 1 aliphatic rings. The first-order valence-electron chi connectivity index (χ1n) is 12.6. The summed E-state index contributed by atoms with van der Waals surface area (Å²) in [6, 6.07) is 25.4. The van der Waals surface area contributed by atoms with Gasteiger partial charge in [0.2, 0.25) is 5.76 Å². The Hall–Kier alpha value is -4.43. The fourth-order valence-electron chi connectivity index (χ4n) is 5.00. The van der Waals surface area contributed by atoms with Crippen LogP contribution in [-0.4, -0.2) is 17.9 Å². The van der Waals surface area contributed by atoms with Gasteiger partial charge in [-0.1, -0.05) is 64.5 Å². The lowest BCUT2D eigenvalue weighted by molar-refractivity contribution is 0.0714. The van der Waals surface area contributed by atoms with Crippen LogP contribution in [0.2, 0.25) is 0 Å². The van der Waals surface area contributed by atoms with Crippen molar-refractivity contribution >= 4 is 32.8 Å². The van der Waals surface area contributed by atoms with Gasteiger partial charge in [-0.15, -0.1) is 0 Å². The van der Waals surface area contributed by atoms with E-state index in [0.717, 1.165) is 10.0 Å². The topological polar surface area (TPSA) is 69.0 Å². The monoisotopic (exact) mass is 599 g/mol. The van der Waals surface area contributed by atoms with Crippen molar-refractivity contribution in [3.63, 3.8) is 0 Å². The smallest absolute Gasteiger partial charge is 0.291 e. The number of rotatable bonds is 7. The fraction of sp³-hybridized carbons (Fsp3) is 0.125. The summed E-state index contributed by atoms with van der Waals surface area (Å²) >= 11 is 3.42. The predicted octanol–water partition coefficient (Wildman–Crippen LogP) is 7.03. The van der Waals surface area contributed by atoms with Gasteiger partial charge in [-0.25, -0.2) is 4.39 Å². The van der Waals surface area contributed by atoms with E-state index in [1.807, 2.05) is 36.4 Å². The van der Waals surface area contributed by atoms with Crippen LogP contribution < -0.4 is 14.9 Å². The molecule has 0 aliphatic carbocycles. The van der Waals surface area contributed by atoms with Gasteiger partial charge in [0.05, 0.1) is 24.1 Å². The van der Waals surface area contributed by atoms with Crippen molar-refractivity contribution < 1.29 is 23.1 Å². The number of halogens is 2. The van der Waals surface area contributed by atoms with Crippen molar-refractivity contribution in [3.8, 4) is 11.5 Å². The number of hydrogen-bond donors (Lipinski definition) is 0. The molecule has 4 aromatic carbocycles. The second-order valence-corrected chi connectivity index (χ2v) is 10.4. The quantitative estimate of drug-likeness (QED) is 0.201. The molecule has 200 valence electrons. The molecule has 1 aliphatic heterocycles. The standard InChI is InChI=1S/C32H23BrFNO5/c1-38-27-15-21(9-13-26(27)39-18-20-5-3-2-4-6-20)29-28-30(36)24-16-22(33)10-14-25(24)40-31(28)32(37)35(29)17-19-7-11-23(34)12-8-19/h2-16,29H,17-18H2,1H3. The SMILES string of the molecule is COc1cc(C2c3c(oc4ccc(Br)cc4c3=O)C(=O)N2Cc2ccc(F)cc2)ccc1OCc1ccccc1. The van der Waals surface area contributed by atoms with E-state index in [4.69, 9.17) is 13.9 Å². The number of hydrogen-bond acceptors (Lipinski definition) is 5. The van der Waals surface area contributed by atoms with E-state index < -0.39 is 11.9 Å². The van der Waals surface area contributed by atoms with E-state index in [0.29, 0.717) is 40.2 Å². The minimum Gasteiger partial charge on any atom is -0.493 e. The van der Waals surface area contributed by atoms with Crippen molar-refractivity contribution in [2.45, 2.75) is 19.2 Å². The molecular weight excluding hydrogens is 577 g/mol. The summed E-state index contributed by atoms with van der Waals surface area (Å²) in [4.78, 5) is 29.2. The summed E-state index contributed by atoms with van der Waals surface area (Å²) in [7, 11) is 1.54. The van der Waals surface area contributed by atoms with Crippen molar-refractivity contribution in [2.24, 2.45) is 0 Å². The highest BCUT2D eigenvalue weighted by atomic mass is 79.9. The molecular formula is C32H23BrFNO5. The van der Waals surface area contributed by atoms with E-state index in [2.05, 4.69) is 15.9 Å². The maximum Gasteiger partial charge on any atom is 0.291 e. The van der Waals surface area contributed by atoms with Crippen LogP contribution in [-0.2, 0) is 13.2 Å². The Morgan fingerprint density at radius 1 is 0.900 bits per heavy atom. The summed E-state index contributed by atoms with van der Waals surface area (Å²) < 4.78 is 32.0. The van der Waals surface area contributed by atoms with Crippen molar-refractivity contribution in [1.29, 1.82) is 0 Å². The third kappa shape index (κ3) is 4.75. The Balaban J connectivity index is 1.45. The van der Waals surface area contributed by atoms with Crippen molar-refractivity contribution in [1.82, 2.24) is 4.90 Å². The maximum atomic E-state index is 13.9. The molecule has 0 bridgehead atoms. The zero-order chi connectivity index (χ0) is 27.8. The highest BCUT2D eigenvalue weighted by molar-refractivity contribution is 9.10. The second-order valence-electron chi connectivity index (χ2n) is 9.46. The molecule has 6 nitrogen and oxygen atoms in total. The third-order valence-corrected chi connectivity index (χ3v) is 7.43. The van der Waals surface area contributed by atoms with Gasteiger partial charge in [0.25, 0.3) is 5.91 Å². The fourth-order valence-corrected chi connectivity index (χ4v) is 5.36. The molecule has 0 fully saturated rings. The molecule has 0 radical (unpaired) electrons. The normalized spacial score (nSPS) is 14.4. The molecule has 0 saturated heterocycles. The largest absolute Gasteiger partial charge is 0.493 e. The molecule has 6 rings (SSSR count). The van der Waals surface area contributed by atoms with Crippen LogP contribution in [0.5, 0.6) is 11.5 Å². The van der Waals surface area contributed by atoms with Crippen LogP contribution in [0.15, 0.2) is 105 Å². The maximum absolute atomic E-state index is 13.9. The average molecular weight is 600 g/mol. The summed E-state index contributed by atoms with van der Waals surface area (Å²) in [5.41, 5.74) is 2.65. The minimum absolute atomic E-state index is 0.00435. The summed E-state index contributed by atoms with van der Waals surface area (Å²) in [5.74, 6) is 0.189. The number of benzene rings is 4. The van der Waals surface area contributed by atoms with Crippen LogP contribution in [0.25, 0.3) is 11.0 Å². The Kier molecular flexibility index (Phi) is 6.86. The molecule has 8 heteroatoms. The van der Waals surface area contributed by atoms with Crippen LogP contribution in [0, 0.1) is 5.82 Å². The Morgan fingerprint density at radius 3 is 2.42 bits per heavy atom. The van der Waals surface area contributed by atoms with Crippen LogP contribution in [0.4, 0.5) is 4.39 Å². The van der Waals surface area contributed by atoms with Gasteiger partial charge < -0.3 is 18.8 Å². The number of carbonyl (C=O) groups is 1. The first kappa shape index (κ1) is 25.8. The molecule has 1 amide bonds. The number of ether oxygens (including phenoxy) is 2. The lowest BCUT2D eigenvalue weighted by Gasteiger charge is -2.26. The van der Waals surface area contributed by atoms with Gasteiger partial charge in [0.1, 0.15) is 18.0 Å². The molecule has 1 unspecified atom stereocenters. The second kappa shape index (κ2) is 10.6. The van der Waals surface area contributed by atoms with E-state index >= 15 is 0 Å². The van der Waals surface area contributed by atoms with Gasteiger partial charge >= 0.3 is 0 Å². The molecule has 1 aromatic heterocycles. The molecule has 0 saturated carbocycles. The lowest BCUT2D eigenvalue weighted by Crippen LogP contribution is -2.29. The number of methoxy groups -OCH3 is 1. The number of fused-ring (bicyclic) bond motifs is 2. The highest BCUT2D eigenvalue weighted by Gasteiger charge is 2.43. The molecule has 0 N–H and O–H groups in total. The van der Waals surface area contributed by atoms with Crippen LogP contribution in [0.1, 0.15) is 38.9 Å². The van der Waals surface area contributed by atoms with Gasteiger partial charge in [0, 0.05) is 11.0 Å². The Labute approximate surface area is 237 Å². The lowest BCUT2D eigenvalue weighted by atomic mass is 9.97. The summed E-state index contributed by atoms with van der Waals surface area (Å²) in [5, 5.41) is 0.365. The minimum atomic E-state index is -0.760. The predicted molar refractivity (Wildman–Crippen MR) is 152 cm³/mol. The summed E-state index contributed by atoms with van der Waals surface area (Å²) in [6.07, 6.45) is 0.